The maximum absolute atomic E-state index is 6.52. The predicted molar refractivity (Wildman–Crippen MR) is 220 cm³/mol. The van der Waals surface area contributed by atoms with Crippen LogP contribution in [0, 0.1) is 0 Å². The van der Waals surface area contributed by atoms with Crippen LogP contribution in [-0.4, -0.2) is 11.5 Å². The Kier molecular flexibility index (Phi) is 7.47. The molecule has 10 rings (SSSR count). The Bertz CT molecular complexity index is 2930. The summed E-state index contributed by atoms with van der Waals surface area (Å²) in [6.07, 6.45) is 1.66. The molecule has 4 heteroatoms. The van der Waals surface area contributed by atoms with Gasteiger partial charge in [0.25, 0.3) is 0 Å². The standard InChI is InChI=1S/C49H34N2O2/c1-31-19-26-42(34-13-6-3-7-14-34)50-49(51-48(31)35-22-20-33(21-23-35)32-11-4-2-5-12-32)39-16-10-18-46-47(39)41-30-37(25-28-45(41)53-46)36-24-27-44-40(29-36)38-15-8-9-17-43(38)52-44/h2-18,20-25,27-30H,19,26H2,1H3/b48-31+,50-42?,51-49?. The summed E-state index contributed by atoms with van der Waals surface area (Å²) in [6.45, 7) is 2.20. The molecule has 0 N–H and O–H groups in total. The lowest BCUT2D eigenvalue weighted by Gasteiger charge is -2.17. The van der Waals surface area contributed by atoms with E-state index in [4.69, 9.17) is 18.8 Å². The van der Waals surface area contributed by atoms with E-state index < -0.39 is 0 Å². The smallest absolute Gasteiger partial charge is 0.160 e. The fraction of sp³-hybridized carbons (Fsp3) is 0.0612. The summed E-state index contributed by atoms with van der Waals surface area (Å²) in [4.78, 5) is 10.9. The average molecular weight is 683 g/mol. The van der Waals surface area contributed by atoms with Crippen molar-refractivity contribution >= 4 is 61.1 Å². The lowest BCUT2D eigenvalue weighted by atomic mass is 9.96. The minimum Gasteiger partial charge on any atom is -0.456 e. The predicted octanol–water partition coefficient (Wildman–Crippen LogP) is 13.3. The minimum atomic E-state index is 0.676. The number of hydrogen-bond acceptors (Lipinski definition) is 4. The van der Waals surface area contributed by atoms with E-state index in [9.17, 15) is 0 Å². The summed E-state index contributed by atoms with van der Waals surface area (Å²) in [7, 11) is 0. The maximum atomic E-state index is 6.52. The van der Waals surface area contributed by atoms with Crippen molar-refractivity contribution in [3.05, 3.63) is 186 Å². The van der Waals surface area contributed by atoms with Crippen molar-refractivity contribution in [3.63, 3.8) is 0 Å². The molecule has 0 amide bonds. The zero-order valence-electron chi connectivity index (χ0n) is 29.2. The van der Waals surface area contributed by atoms with Crippen molar-refractivity contribution in [2.24, 2.45) is 9.98 Å². The summed E-state index contributed by atoms with van der Waals surface area (Å²) in [5.74, 6) is 0.676. The van der Waals surface area contributed by atoms with Crippen LogP contribution in [0.1, 0.15) is 36.5 Å². The molecule has 0 unspecified atom stereocenters. The van der Waals surface area contributed by atoms with Crippen molar-refractivity contribution in [3.8, 4) is 22.3 Å². The van der Waals surface area contributed by atoms with Gasteiger partial charge in [-0.25, -0.2) is 9.98 Å². The second-order valence-corrected chi connectivity index (χ2v) is 13.7. The molecule has 53 heavy (non-hydrogen) atoms. The molecule has 0 radical (unpaired) electrons. The van der Waals surface area contributed by atoms with Gasteiger partial charge in [-0.2, -0.15) is 0 Å². The molecular formula is C49H34N2O2. The van der Waals surface area contributed by atoms with Gasteiger partial charge in [0.2, 0.25) is 0 Å². The Balaban J connectivity index is 1.15. The van der Waals surface area contributed by atoms with E-state index >= 15 is 0 Å². The van der Waals surface area contributed by atoms with Gasteiger partial charge in [-0.05, 0) is 89.6 Å². The number of allylic oxidation sites excluding steroid dienone is 1. The molecule has 0 saturated carbocycles. The molecule has 0 aliphatic carbocycles. The second-order valence-electron chi connectivity index (χ2n) is 13.7. The summed E-state index contributed by atoms with van der Waals surface area (Å²) in [6, 6.07) is 57.0. The molecule has 1 aliphatic heterocycles. The van der Waals surface area contributed by atoms with E-state index in [1.807, 2.05) is 36.4 Å². The first-order chi connectivity index (χ1) is 26.2. The lowest BCUT2D eigenvalue weighted by Crippen LogP contribution is -2.10. The van der Waals surface area contributed by atoms with Crippen LogP contribution >= 0.6 is 0 Å². The Morgan fingerprint density at radius 1 is 0.415 bits per heavy atom. The topological polar surface area (TPSA) is 51.0 Å². The molecule has 0 bridgehead atoms. The maximum Gasteiger partial charge on any atom is 0.160 e. The van der Waals surface area contributed by atoms with Crippen molar-refractivity contribution < 1.29 is 8.83 Å². The first-order valence-electron chi connectivity index (χ1n) is 18.1. The van der Waals surface area contributed by atoms with E-state index in [2.05, 4.69) is 134 Å². The number of para-hydroxylation sites is 1. The van der Waals surface area contributed by atoms with Gasteiger partial charge in [0, 0.05) is 32.7 Å². The third-order valence-corrected chi connectivity index (χ3v) is 10.4. The van der Waals surface area contributed by atoms with E-state index in [0.717, 1.165) is 95.9 Å². The van der Waals surface area contributed by atoms with E-state index in [1.165, 1.54) is 16.7 Å². The fourth-order valence-electron chi connectivity index (χ4n) is 7.65. The first kappa shape index (κ1) is 31.0. The third-order valence-electron chi connectivity index (χ3n) is 10.4. The van der Waals surface area contributed by atoms with Gasteiger partial charge in [0.1, 0.15) is 22.3 Å². The van der Waals surface area contributed by atoms with Gasteiger partial charge in [-0.1, -0.05) is 127 Å². The van der Waals surface area contributed by atoms with Gasteiger partial charge < -0.3 is 8.83 Å². The lowest BCUT2D eigenvalue weighted by molar-refractivity contribution is 0.668. The monoisotopic (exact) mass is 682 g/mol. The summed E-state index contributed by atoms with van der Waals surface area (Å²) < 4.78 is 12.6. The van der Waals surface area contributed by atoms with Gasteiger partial charge in [-0.15, -0.1) is 0 Å². The largest absolute Gasteiger partial charge is 0.456 e. The van der Waals surface area contributed by atoms with Crippen molar-refractivity contribution in [1.82, 2.24) is 0 Å². The Labute approximate surface area is 307 Å². The van der Waals surface area contributed by atoms with Gasteiger partial charge in [0.05, 0.1) is 11.4 Å². The first-order valence-corrected chi connectivity index (χ1v) is 18.1. The SMILES string of the molecule is C/C1=C(/c2ccc(-c3ccccc3)cc2)N=C(c2cccc3oc4ccc(-c5ccc6oc7ccccc7c6c5)cc4c23)N=C(c2ccccc2)CC1. The Hall–Kier alpha value is -6.78. The highest BCUT2D eigenvalue weighted by Crippen LogP contribution is 2.38. The zero-order valence-corrected chi connectivity index (χ0v) is 29.2. The van der Waals surface area contributed by atoms with Gasteiger partial charge >= 0.3 is 0 Å². The van der Waals surface area contributed by atoms with E-state index in [-0.39, 0.29) is 0 Å². The van der Waals surface area contributed by atoms with E-state index in [1.54, 1.807) is 0 Å². The van der Waals surface area contributed by atoms with Crippen LogP contribution in [0.2, 0.25) is 0 Å². The van der Waals surface area contributed by atoms with Crippen LogP contribution in [-0.2, 0) is 0 Å². The third kappa shape index (κ3) is 5.56. The van der Waals surface area contributed by atoms with Crippen LogP contribution in [0.15, 0.2) is 188 Å². The highest BCUT2D eigenvalue weighted by molar-refractivity contribution is 6.23. The van der Waals surface area contributed by atoms with Crippen LogP contribution < -0.4 is 0 Å². The molecule has 7 aromatic carbocycles. The quantitative estimate of drug-likeness (QED) is 0.181. The molecule has 1 aliphatic rings. The number of amidine groups is 1. The molecular weight excluding hydrogens is 649 g/mol. The highest BCUT2D eigenvalue weighted by Gasteiger charge is 2.20. The van der Waals surface area contributed by atoms with Crippen molar-refractivity contribution in [2.45, 2.75) is 19.8 Å². The van der Waals surface area contributed by atoms with Crippen LogP contribution in [0.5, 0.6) is 0 Å². The highest BCUT2D eigenvalue weighted by atomic mass is 16.3. The Morgan fingerprint density at radius 3 is 1.75 bits per heavy atom. The Morgan fingerprint density at radius 2 is 0.981 bits per heavy atom. The number of rotatable bonds is 5. The molecule has 0 atom stereocenters. The molecule has 3 heterocycles. The normalized spacial score (nSPS) is 15.1. The number of furan rings is 2. The average Bonchev–Trinajstić information content (AvgIpc) is 3.78. The second kappa shape index (κ2) is 12.8. The summed E-state index contributed by atoms with van der Waals surface area (Å²) >= 11 is 0. The van der Waals surface area contributed by atoms with Gasteiger partial charge in [-0.3, -0.25) is 0 Å². The number of fused-ring (bicyclic) bond motifs is 6. The number of aliphatic imine (C=N–C) groups is 2. The summed E-state index contributed by atoms with van der Waals surface area (Å²) in [5.41, 5.74) is 14.3. The molecule has 4 nitrogen and oxygen atoms in total. The van der Waals surface area contributed by atoms with Crippen LogP contribution in [0.25, 0.3) is 71.8 Å². The summed E-state index contributed by atoms with van der Waals surface area (Å²) in [5, 5.41) is 4.26. The van der Waals surface area contributed by atoms with Gasteiger partial charge in [0.15, 0.2) is 5.84 Å². The van der Waals surface area contributed by atoms with Crippen molar-refractivity contribution in [2.75, 3.05) is 0 Å². The molecule has 0 saturated heterocycles. The number of nitrogens with zero attached hydrogens (tertiary/aromatic N) is 2. The number of benzene rings is 7. The van der Waals surface area contributed by atoms with Crippen molar-refractivity contribution in [1.29, 1.82) is 0 Å². The molecule has 0 fully saturated rings. The van der Waals surface area contributed by atoms with Crippen LogP contribution in [0.4, 0.5) is 0 Å². The molecule has 2 aromatic heterocycles. The van der Waals surface area contributed by atoms with Crippen LogP contribution in [0.3, 0.4) is 0 Å². The zero-order chi connectivity index (χ0) is 35.3. The molecule has 252 valence electrons. The molecule has 0 spiro atoms. The minimum absolute atomic E-state index is 0.676. The fourth-order valence-corrected chi connectivity index (χ4v) is 7.65. The number of hydrogen-bond donors (Lipinski definition) is 0. The van der Waals surface area contributed by atoms with E-state index in [0.29, 0.717) is 5.84 Å². The molecule has 9 aromatic rings.